The van der Waals surface area contributed by atoms with Crippen LogP contribution in [0.1, 0.15) is 46.5 Å². The Morgan fingerprint density at radius 1 is 0.933 bits per heavy atom. The smallest absolute Gasteiger partial charge is 0.0783 e. The van der Waals surface area contributed by atoms with Crippen LogP contribution in [-0.4, -0.2) is 32.2 Å². The molecule has 94 valence electrons. The van der Waals surface area contributed by atoms with Crippen molar-refractivity contribution in [3.8, 4) is 0 Å². The Morgan fingerprint density at radius 3 is 1.80 bits per heavy atom. The molecule has 0 N–H and O–H groups in total. The summed E-state index contributed by atoms with van der Waals surface area (Å²) in [6.07, 6.45) is 5.52. The number of quaternary nitrogens is 1. The number of rotatable bonds is 7. The first-order valence-corrected chi connectivity index (χ1v) is 6.17. The molecular weight excluding hydrogens is 250 g/mol. The zero-order valence-corrected chi connectivity index (χ0v) is 13.1. The highest BCUT2D eigenvalue weighted by Crippen LogP contribution is 2.21. The van der Waals surface area contributed by atoms with Gasteiger partial charge in [0.05, 0.1) is 27.7 Å². The molecule has 0 aromatic carbocycles. The van der Waals surface area contributed by atoms with Gasteiger partial charge in [0.15, 0.2) is 0 Å². The van der Waals surface area contributed by atoms with Gasteiger partial charge >= 0.3 is 0 Å². The van der Waals surface area contributed by atoms with Gasteiger partial charge in [0.2, 0.25) is 0 Å². The molecule has 0 aromatic rings. The first kappa shape index (κ1) is 17.8. The van der Waals surface area contributed by atoms with Crippen LogP contribution in [0.2, 0.25) is 0 Å². The molecule has 0 aliphatic carbocycles. The van der Waals surface area contributed by atoms with Crippen molar-refractivity contribution in [1.82, 2.24) is 0 Å². The molecule has 0 aliphatic rings. The van der Waals surface area contributed by atoms with Crippen LogP contribution in [0.25, 0.3) is 0 Å². The number of hydrogen-bond donors (Lipinski definition) is 0. The maximum atomic E-state index is 2.41. The fourth-order valence-electron chi connectivity index (χ4n) is 1.69. The zero-order chi connectivity index (χ0) is 11.2. The lowest BCUT2D eigenvalue weighted by Gasteiger charge is -2.27. The van der Waals surface area contributed by atoms with E-state index in [0.717, 1.165) is 16.3 Å². The van der Waals surface area contributed by atoms with Crippen molar-refractivity contribution in [1.29, 1.82) is 0 Å². The van der Waals surface area contributed by atoms with Gasteiger partial charge in [0, 0.05) is 0 Å². The molecular formula is C13H30BrN. The van der Waals surface area contributed by atoms with Crippen LogP contribution in [0, 0.1) is 11.8 Å². The van der Waals surface area contributed by atoms with Gasteiger partial charge in [-0.1, -0.05) is 40.0 Å². The minimum atomic E-state index is 0. The maximum absolute atomic E-state index is 2.41. The average Bonchev–Trinajstić information content (AvgIpc) is 2.09. The van der Waals surface area contributed by atoms with Crippen molar-refractivity contribution in [2.75, 3.05) is 27.7 Å². The van der Waals surface area contributed by atoms with E-state index in [9.17, 15) is 0 Å². The topological polar surface area (TPSA) is 0 Å². The van der Waals surface area contributed by atoms with Gasteiger partial charge < -0.3 is 21.5 Å². The predicted molar refractivity (Wildman–Crippen MR) is 65.4 cm³/mol. The third-order valence-electron chi connectivity index (χ3n) is 3.24. The molecule has 0 fully saturated rings. The zero-order valence-electron chi connectivity index (χ0n) is 11.5. The van der Waals surface area contributed by atoms with E-state index in [0.29, 0.717) is 0 Å². The van der Waals surface area contributed by atoms with Crippen molar-refractivity contribution in [3.05, 3.63) is 0 Å². The summed E-state index contributed by atoms with van der Waals surface area (Å²) in [6, 6.07) is 0. The van der Waals surface area contributed by atoms with Crippen LogP contribution in [0.3, 0.4) is 0 Å². The SMILES string of the molecule is CCCCC(C)C(C)CC[N+](C)(C)C.[Br-]. The average molecular weight is 280 g/mol. The Kier molecular flexibility index (Phi) is 10.2. The minimum Gasteiger partial charge on any atom is -1.00 e. The molecule has 0 saturated heterocycles. The van der Waals surface area contributed by atoms with E-state index < -0.39 is 0 Å². The summed E-state index contributed by atoms with van der Waals surface area (Å²) in [6.45, 7) is 8.41. The van der Waals surface area contributed by atoms with E-state index >= 15 is 0 Å². The van der Waals surface area contributed by atoms with Crippen LogP contribution in [0.15, 0.2) is 0 Å². The van der Waals surface area contributed by atoms with Crippen LogP contribution >= 0.6 is 0 Å². The normalized spacial score (nSPS) is 15.6. The van der Waals surface area contributed by atoms with Crippen molar-refractivity contribution in [3.63, 3.8) is 0 Å². The van der Waals surface area contributed by atoms with E-state index in [1.54, 1.807) is 0 Å². The minimum absolute atomic E-state index is 0. The molecule has 0 spiro atoms. The Hall–Kier alpha value is 0.440. The fourth-order valence-corrected chi connectivity index (χ4v) is 1.69. The molecule has 0 rings (SSSR count). The van der Waals surface area contributed by atoms with Crippen molar-refractivity contribution in [2.24, 2.45) is 11.8 Å². The second-order valence-corrected chi connectivity index (χ2v) is 5.90. The van der Waals surface area contributed by atoms with Crippen LogP contribution in [-0.2, 0) is 0 Å². The van der Waals surface area contributed by atoms with Crippen LogP contribution in [0.4, 0.5) is 0 Å². The Balaban J connectivity index is 0. The molecule has 0 heterocycles. The van der Waals surface area contributed by atoms with E-state index in [1.165, 1.54) is 32.2 Å². The molecule has 15 heavy (non-hydrogen) atoms. The first-order valence-electron chi connectivity index (χ1n) is 6.17. The maximum Gasteiger partial charge on any atom is 0.0783 e. The first-order chi connectivity index (χ1) is 6.37. The number of hydrogen-bond acceptors (Lipinski definition) is 0. The molecule has 1 nitrogen and oxygen atoms in total. The van der Waals surface area contributed by atoms with Gasteiger partial charge in [-0.15, -0.1) is 0 Å². The molecule has 0 amide bonds. The van der Waals surface area contributed by atoms with E-state index in [1.807, 2.05) is 0 Å². The monoisotopic (exact) mass is 279 g/mol. The van der Waals surface area contributed by atoms with Gasteiger partial charge in [0.1, 0.15) is 0 Å². The number of nitrogens with zero attached hydrogens (tertiary/aromatic N) is 1. The quantitative estimate of drug-likeness (QED) is 0.598. The Bertz CT molecular complexity index is 140. The molecule has 0 saturated carbocycles. The highest BCUT2D eigenvalue weighted by atomic mass is 79.9. The highest BCUT2D eigenvalue weighted by molar-refractivity contribution is 4.61. The lowest BCUT2D eigenvalue weighted by Crippen LogP contribution is -3.00. The summed E-state index contributed by atoms with van der Waals surface area (Å²) in [5, 5.41) is 0. The van der Waals surface area contributed by atoms with Gasteiger partial charge in [-0.3, -0.25) is 0 Å². The van der Waals surface area contributed by atoms with Crippen molar-refractivity contribution >= 4 is 0 Å². The molecule has 2 heteroatoms. The standard InChI is InChI=1S/C13H30N.BrH/c1-7-8-9-12(2)13(3)10-11-14(4,5)6;/h12-13H,7-11H2,1-6H3;1H/q+1;/p-1. The molecule has 2 atom stereocenters. The summed E-state index contributed by atoms with van der Waals surface area (Å²) in [4.78, 5) is 0. The largest absolute Gasteiger partial charge is 1.00 e. The van der Waals surface area contributed by atoms with Gasteiger partial charge in [0.25, 0.3) is 0 Å². The highest BCUT2D eigenvalue weighted by Gasteiger charge is 2.15. The summed E-state index contributed by atoms with van der Waals surface area (Å²) in [7, 11) is 6.84. The third-order valence-corrected chi connectivity index (χ3v) is 3.24. The van der Waals surface area contributed by atoms with Gasteiger partial charge in [-0.25, -0.2) is 0 Å². The summed E-state index contributed by atoms with van der Waals surface area (Å²) >= 11 is 0. The fraction of sp³-hybridized carbons (Fsp3) is 1.00. The molecule has 0 radical (unpaired) electrons. The third kappa shape index (κ3) is 10.7. The Morgan fingerprint density at radius 2 is 1.40 bits per heavy atom. The number of unbranched alkanes of at least 4 members (excludes halogenated alkanes) is 1. The second-order valence-electron chi connectivity index (χ2n) is 5.90. The molecule has 0 aromatic heterocycles. The molecule has 0 aliphatic heterocycles. The lowest BCUT2D eigenvalue weighted by atomic mass is 9.88. The van der Waals surface area contributed by atoms with E-state index in [-0.39, 0.29) is 17.0 Å². The summed E-state index contributed by atoms with van der Waals surface area (Å²) in [5.41, 5.74) is 0. The summed E-state index contributed by atoms with van der Waals surface area (Å²) in [5.74, 6) is 1.79. The van der Waals surface area contributed by atoms with Crippen molar-refractivity contribution < 1.29 is 21.5 Å². The number of halogens is 1. The van der Waals surface area contributed by atoms with Crippen LogP contribution < -0.4 is 17.0 Å². The van der Waals surface area contributed by atoms with E-state index in [2.05, 4.69) is 41.9 Å². The van der Waals surface area contributed by atoms with E-state index in [4.69, 9.17) is 0 Å². The Labute approximate surface area is 108 Å². The van der Waals surface area contributed by atoms with Gasteiger partial charge in [-0.05, 0) is 18.3 Å². The molecule has 2 unspecified atom stereocenters. The lowest BCUT2D eigenvalue weighted by molar-refractivity contribution is -0.871. The summed E-state index contributed by atoms with van der Waals surface area (Å²) < 4.78 is 1.10. The second kappa shape index (κ2) is 8.58. The van der Waals surface area contributed by atoms with Crippen LogP contribution in [0.5, 0.6) is 0 Å². The molecule has 0 bridgehead atoms. The predicted octanol–water partition coefficient (Wildman–Crippen LogP) is 0.549. The van der Waals surface area contributed by atoms with Crippen molar-refractivity contribution in [2.45, 2.75) is 46.5 Å². The van der Waals surface area contributed by atoms with Gasteiger partial charge in [-0.2, -0.15) is 0 Å².